The minimum atomic E-state index is -0.945. The molecule has 0 aliphatic heterocycles. The fraction of sp³-hybridized carbons (Fsp3) is 0.241. The summed E-state index contributed by atoms with van der Waals surface area (Å²) >= 11 is 0. The Labute approximate surface area is 226 Å². The van der Waals surface area contributed by atoms with Gasteiger partial charge in [0.25, 0.3) is 0 Å². The van der Waals surface area contributed by atoms with Gasteiger partial charge in [-0.05, 0) is 85.6 Å². The van der Waals surface area contributed by atoms with Crippen molar-refractivity contribution in [2.75, 3.05) is 25.6 Å². The molecule has 2 amide bonds. The summed E-state index contributed by atoms with van der Waals surface area (Å²) in [6.07, 6.45) is 3.32. The van der Waals surface area contributed by atoms with Crippen molar-refractivity contribution >= 4 is 29.7 Å². The average Bonchev–Trinajstić information content (AvgIpc) is 2.95. The molecule has 0 radical (unpaired) electrons. The van der Waals surface area contributed by atoms with Gasteiger partial charge in [0, 0.05) is 5.69 Å². The number of nitrogens with zero attached hydrogens (tertiary/aromatic N) is 1. The Morgan fingerprint density at radius 3 is 2.21 bits per heavy atom. The maximum atomic E-state index is 12.6. The highest BCUT2D eigenvalue weighted by atomic mass is 16.6. The van der Waals surface area contributed by atoms with Gasteiger partial charge in [-0.2, -0.15) is 5.10 Å². The number of hydrogen-bond acceptors (Lipinski definition) is 8. The van der Waals surface area contributed by atoms with Crippen LogP contribution in [0.25, 0.3) is 0 Å². The molecule has 39 heavy (non-hydrogen) atoms. The van der Waals surface area contributed by atoms with E-state index in [1.165, 1.54) is 13.3 Å². The van der Waals surface area contributed by atoms with Crippen LogP contribution in [0.5, 0.6) is 23.0 Å². The number of unbranched alkanes of at least 4 members (excludes halogenated alkanes) is 1. The number of esters is 1. The molecule has 0 fully saturated rings. The summed E-state index contributed by atoms with van der Waals surface area (Å²) in [5.74, 6) is -0.547. The van der Waals surface area contributed by atoms with Crippen LogP contribution in [-0.2, 0) is 9.59 Å². The lowest BCUT2D eigenvalue weighted by Gasteiger charge is -2.10. The second-order valence-electron chi connectivity index (χ2n) is 8.14. The van der Waals surface area contributed by atoms with E-state index in [0.29, 0.717) is 41.5 Å². The number of hydrogen-bond donors (Lipinski definition) is 2. The Hall–Kier alpha value is -4.86. The predicted octanol–water partition coefficient (Wildman–Crippen LogP) is 4.58. The van der Waals surface area contributed by atoms with E-state index >= 15 is 0 Å². The van der Waals surface area contributed by atoms with Crippen LogP contribution in [0.1, 0.15) is 42.6 Å². The normalized spacial score (nSPS) is 10.5. The SMILES string of the molecule is CCCCOc1ccc(C(=O)Oc2ccc(C=NNC(=O)C(=O)Nc3ccc(OCC)cc3)cc2OC)cc1. The Balaban J connectivity index is 1.54. The first-order valence-corrected chi connectivity index (χ1v) is 12.4. The molecular weight excluding hydrogens is 502 g/mol. The van der Waals surface area contributed by atoms with Gasteiger partial charge in [-0.1, -0.05) is 13.3 Å². The molecule has 0 saturated carbocycles. The highest BCUT2D eigenvalue weighted by Crippen LogP contribution is 2.28. The summed E-state index contributed by atoms with van der Waals surface area (Å²) in [6, 6.07) is 18.0. The number of hydrazone groups is 1. The maximum absolute atomic E-state index is 12.6. The smallest absolute Gasteiger partial charge is 0.343 e. The molecule has 0 spiro atoms. The molecule has 204 valence electrons. The van der Waals surface area contributed by atoms with E-state index < -0.39 is 17.8 Å². The van der Waals surface area contributed by atoms with Crippen molar-refractivity contribution in [3.63, 3.8) is 0 Å². The zero-order valence-electron chi connectivity index (χ0n) is 22.1. The largest absolute Gasteiger partial charge is 0.494 e. The minimum Gasteiger partial charge on any atom is -0.494 e. The van der Waals surface area contributed by atoms with Gasteiger partial charge in [0.05, 0.1) is 32.1 Å². The summed E-state index contributed by atoms with van der Waals surface area (Å²) in [7, 11) is 1.43. The lowest BCUT2D eigenvalue weighted by atomic mass is 10.2. The topological polar surface area (TPSA) is 125 Å². The van der Waals surface area contributed by atoms with Crippen LogP contribution in [0, 0.1) is 0 Å². The molecule has 0 atom stereocenters. The Bertz CT molecular complexity index is 1290. The van der Waals surface area contributed by atoms with Crippen molar-refractivity contribution in [1.82, 2.24) is 5.43 Å². The zero-order chi connectivity index (χ0) is 28.0. The third kappa shape index (κ3) is 8.89. The number of methoxy groups -OCH3 is 1. The van der Waals surface area contributed by atoms with Gasteiger partial charge in [-0.15, -0.1) is 0 Å². The lowest BCUT2D eigenvalue weighted by Crippen LogP contribution is -2.32. The van der Waals surface area contributed by atoms with Crippen molar-refractivity contribution in [3.8, 4) is 23.0 Å². The van der Waals surface area contributed by atoms with Crippen molar-refractivity contribution < 1.29 is 33.3 Å². The van der Waals surface area contributed by atoms with Gasteiger partial charge in [-0.3, -0.25) is 9.59 Å². The Kier molecular flexibility index (Phi) is 10.9. The van der Waals surface area contributed by atoms with E-state index in [-0.39, 0.29) is 11.5 Å². The van der Waals surface area contributed by atoms with E-state index in [0.717, 1.165) is 12.8 Å². The Morgan fingerprint density at radius 1 is 0.846 bits per heavy atom. The average molecular weight is 534 g/mol. The van der Waals surface area contributed by atoms with Gasteiger partial charge in [0.2, 0.25) is 0 Å². The second kappa shape index (κ2) is 14.8. The molecule has 0 saturated heterocycles. The number of benzene rings is 3. The summed E-state index contributed by atoms with van der Waals surface area (Å²) in [5.41, 5.74) is 3.50. The van der Waals surface area contributed by atoms with Crippen LogP contribution >= 0.6 is 0 Å². The molecule has 3 aromatic carbocycles. The molecule has 0 heterocycles. The molecule has 3 aromatic rings. The standard InChI is InChI=1S/C29H31N3O7/c1-4-6-17-38-24-12-8-21(9-13-24)29(35)39-25-16-7-20(18-26(25)36-3)19-30-32-28(34)27(33)31-22-10-14-23(15-11-22)37-5-2/h7-16,18-19H,4-6,17H2,1-3H3,(H,31,33)(H,32,34). The fourth-order valence-electron chi connectivity index (χ4n) is 3.23. The van der Waals surface area contributed by atoms with Crippen molar-refractivity contribution in [1.29, 1.82) is 0 Å². The van der Waals surface area contributed by atoms with Crippen molar-refractivity contribution in [2.45, 2.75) is 26.7 Å². The van der Waals surface area contributed by atoms with Crippen LogP contribution in [0.2, 0.25) is 0 Å². The quantitative estimate of drug-likeness (QED) is 0.0872. The molecule has 2 N–H and O–H groups in total. The number of nitrogens with one attached hydrogen (secondary N) is 2. The van der Waals surface area contributed by atoms with Crippen molar-refractivity contribution in [3.05, 3.63) is 77.9 Å². The molecule has 3 rings (SSSR count). The predicted molar refractivity (Wildman–Crippen MR) is 147 cm³/mol. The van der Waals surface area contributed by atoms with E-state index in [2.05, 4.69) is 22.8 Å². The number of ether oxygens (including phenoxy) is 4. The van der Waals surface area contributed by atoms with Gasteiger partial charge in [-0.25, -0.2) is 10.2 Å². The minimum absolute atomic E-state index is 0.210. The zero-order valence-corrected chi connectivity index (χ0v) is 22.1. The lowest BCUT2D eigenvalue weighted by molar-refractivity contribution is -0.136. The Morgan fingerprint density at radius 2 is 1.54 bits per heavy atom. The summed E-state index contributed by atoms with van der Waals surface area (Å²) < 4.78 is 21.8. The van der Waals surface area contributed by atoms with Crippen LogP contribution in [0.4, 0.5) is 5.69 Å². The first-order valence-electron chi connectivity index (χ1n) is 12.4. The number of anilines is 1. The van der Waals surface area contributed by atoms with Crippen LogP contribution in [-0.4, -0.2) is 44.3 Å². The molecule has 0 bridgehead atoms. The van der Waals surface area contributed by atoms with Gasteiger partial charge >= 0.3 is 17.8 Å². The van der Waals surface area contributed by atoms with Gasteiger partial charge < -0.3 is 24.3 Å². The number of rotatable bonds is 12. The first kappa shape index (κ1) is 28.7. The van der Waals surface area contributed by atoms with E-state index in [9.17, 15) is 14.4 Å². The van der Waals surface area contributed by atoms with Crippen LogP contribution in [0.3, 0.4) is 0 Å². The number of carbonyl (C=O) groups is 3. The molecule has 0 aliphatic carbocycles. The van der Waals surface area contributed by atoms with Gasteiger partial charge in [0.15, 0.2) is 11.5 Å². The monoisotopic (exact) mass is 533 g/mol. The second-order valence-corrected chi connectivity index (χ2v) is 8.14. The highest BCUT2D eigenvalue weighted by Gasteiger charge is 2.14. The summed E-state index contributed by atoms with van der Waals surface area (Å²) in [5, 5.41) is 6.29. The fourth-order valence-corrected chi connectivity index (χ4v) is 3.23. The molecular formula is C29H31N3O7. The van der Waals surface area contributed by atoms with Crippen LogP contribution < -0.4 is 29.7 Å². The first-order chi connectivity index (χ1) is 18.9. The van der Waals surface area contributed by atoms with E-state index in [1.54, 1.807) is 66.7 Å². The van der Waals surface area contributed by atoms with Crippen LogP contribution in [0.15, 0.2) is 71.8 Å². The maximum Gasteiger partial charge on any atom is 0.343 e. The summed E-state index contributed by atoms with van der Waals surface area (Å²) in [6.45, 7) is 5.09. The van der Waals surface area contributed by atoms with E-state index in [1.807, 2.05) is 6.92 Å². The summed E-state index contributed by atoms with van der Waals surface area (Å²) in [4.78, 5) is 36.8. The van der Waals surface area contributed by atoms with E-state index in [4.69, 9.17) is 18.9 Å². The third-order valence-corrected chi connectivity index (χ3v) is 5.26. The number of amides is 2. The van der Waals surface area contributed by atoms with Gasteiger partial charge in [0.1, 0.15) is 11.5 Å². The molecule has 10 nitrogen and oxygen atoms in total. The third-order valence-electron chi connectivity index (χ3n) is 5.26. The van der Waals surface area contributed by atoms with Crippen molar-refractivity contribution in [2.24, 2.45) is 5.10 Å². The molecule has 0 aromatic heterocycles. The highest BCUT2D eigenvalue weighted by molar-refractivity contribution is 6.39. The molecule has 10 heteroatoms. The molecule has 0 unspecified atom stereocenters. The molecule has 0 aliphatic rings. The number of carbonyl (C=O) groups excluding carboxylic acids is 3.